The van der Waals surface area contributed by atoms with Gasteiger partial charge in [-0.05, 0) is 38.8 Å². The van der Waals surface area contributed by atoms with Crippen LogP contribution in [0.3, 0.4) is 0 Å². The number of hydrogen-bond acceptors (Lipinski definition) is 4. The van der Waals surface area contributed by atoms with Gasteiger partial charge in [-0.15, -0.1) is 0 Å². The van der Waals surface area contributed by atoms with Crippen LogP contribution in [-0.4, -0.2) is 63.5 Å². The van der Waals surface area contributed by atoms with Crippen LogP contribution in [0.1, 0.15) is 25.7 Å². The first kappa shape index (κ1) is 13.3. The molecule has 100 valence electrons. The molecule has 2 fully saturated rings. The number of rotatable bonds is 8. The number of fused-ring (bicyclic) bond motifs is 1. The van der Waals surface area contributed by atoms with Crippen LogP contribution in [0, 0.1) is 0 Å². The van der Waals surface area contributed by atoms with Crippen molar-refractivity contribution in [3.8, 4) is 0 Å². The molecule has 0 amide bonds. The Bertz CT molecular complexity index is 214. The fourth-order valence-corrected chi connectivity index (χ4v) is 3.03. The summed E-state index contributed by atoms with van der Waals surface area (Å²) < 4.78 is 10.4. The highest BCUT2D eigenvalue weighted by Gasteiger charge is 2.36. The summed E-state index contributed by atoms with van der Waals surface area (Å²) in [5, 5.41) is 3.69. The minimum absolute atomic E-state index is 0.701. The lowest BCUT2D eigenvalue weighted by Crippen LogP contribution is -2.39. The van der Waals surface area contributed by atoms with Gasteiger partial charge in [0.2, 0.25) is 0 Å². The number of methoxy groups -OCH3 is 1. The van der Waals surface area contributed by atoms with Crippen LogP contribution in [0.5, 0.6) is 0 Å². The lowest BCUT2D eigenvalue weighted by Gasteiger charge is -2.21. The maximum atomic E-state index is 5.45. The van der Waals surface area contributed by atoms with E-state index >= 15 is 0 Å². The molecule has 2 aliphatic rings. The van der Waals surface area contributed by atoms with Crippen molar-refractivity contribution >= 4 is 0 Å². The van der Waals surface area contributed by atoms with Gasteiger partial charge in [-0.1, -0.05) is 0 Å². The highest BCUT2D eigenvalue weighted by Crippen LogP contribution is 2.27. The molecule has 17 heavy (non-hydrogen) atoms. The second-order valence-electron chi connectivity index (χ2n) is 5.05. The Hall–Kier alpha value is -0.160. The minimum Gasteiger partial charge on any atom is -0.382 e. The smallest absolute Gasteiger partial charge is 0.0700 e. The average molecular weight is 242 g/mol. The highest BCUT2D eigenvalue weighted by atomic mass is 16.5. The van der Waals surface area contributed by atoms with Gasteiger partial charge in [0, 0.05) is 32.3 Å². The first-order valence-corrected chi connectivity index (χ1v) is 6.96. The predicted molar refractivity (Wildman–Crippen MR) is 68.3 cm³/mol. The van der Waals surface area contributed by atoms with Crippen LogP contribution in [0.25, 0.3) is 0 Å². The summed E-state index contributed by atoms with van der Waals surface area (Å²) in [7, 11) is 1.71. The Balaban J connectivity index is 1.48. The molecule has 0 bridgehead atoms. The van der Waals surface area contributed by atoms with Gasteiger partial charge in [0.15, 0.2) is 0 Å². The zero-order valence-corrected chi connectivity index (χ0v) is 11.0. The Morgan fingerprint density at radius 2 is 2.12 bits per heavy atom. The van der Waals surface area contributed by atoms with Crippen LogP contribution in [-0.2, 0) is 9.47 Å². The van der Waals surface area contributed by atoms with Crippen molar-refractivity contribution in [1.82, 2.24) is 10.2 Å². The number of nitrogens with one attached hydrogen (secondary N) is 1. The third kappa shape index (κ3) is 3.91. The molecule has 0 saturated carbocycles. The van der Waals surface area contributed by atoms with E-state index in [-0.39, 0.29) is 0 Å². The average Bonchev–Trinajstić information content (AvgIpc) is 2.92. The normalized spacial score (nSPS) is 28.8. The molecule has 4 heteroatoms. The molecule has 0 spiro atoms. The molecule has 1 N–H and O–H groups in total. The Morgan fingerprint density at radius 3 is 3.00 bits per heavy atom. The maximum absolute atomic E-state index is 5.45. The molecule has 2 rings (SSSR count). The molecular formula is C13H26N2O2. The molecule has 0 aromatic heterocycles. The lowest BCUT2D eigenvalue weighted by molar-refractivity contribution is 0.0691. The van der Waals surface area contributed by atoms with E-state index in [1.807, 2.05) is 0 Å². The molecule has 0 aliphatic carbocycles. The number of ether oxygens (including phenoxy) is 2. The van der Waals surface area contributed by atoms with Crippen molar-refractivity contribution < 1.29 is 9.47 Å². The monoisotopic (exact) mass is 242 g/mol. The quantitative estimate of drug-likeness (QED) is 0.640. The molecule has 2 atom stereocenters. The summed E-state index contributed by atoms with van der Waals surface area (Å²) in [4.78, 5) is 2.65. The Morgan fingerprint density at radius 1 is 1.18 bits per heavy atom. The second-order valence-corrected chi connectivity index (χ2v) is 5.05. The van der Waals surface area contributed by atoms with Gasteiger partial charge >= 0.3 is 0 Å². The van der Waals surface area contributed by atoms with Crippen molar-refractivity contribution in [3.63, 3.8) is 0 Å². The van der Waals surface area contributed by atoms with Gasteiger partial charge in [0.25, 0.3) is 0 Å². The standard InChI is InChI=1S/C13H26N2O2/c1-16-10-11-17-9-3-6-14-12-5-8-15-7-2-4-13(12)15/h12-14H,2-11H2,1H3. The Kier molecular flexibility index (Phi) is 5.71. The zero-order chi connectivity index (χ0) is 11.9. The van der Waals surface area contributed by atoms with Gasteiger partial charge in [0.1, 0.15) is 0 Å². The summed E-state index contributed by atoms with van der Waals surface area (Å²) in [6, 6.07) is 1.56. The van der Waals surface area contributed by atoms with E-state index in [2.05, 4.69) is 10.2 Å². The van der Waals surface area contributed by atoms with E-state index in [0.717, 1.165) is 38.3 Å². The maximum Gasteiger partial charge on any atom is 0.0700 e. The molecule has 0 aromatic carbocycles. The van der Waals surface area contributed by atoms with E-state index in [1.54, 1.807) is 7.11 Å². The minimum atomic E-state index is 0.701. The number of hydrogen-bond donors (Lipinski definition) is 1. The lowest BCUT2D eigenvalue weighted by atomic mass is 10.1. The molecule has 2 saturated heterocycles. The van der Waals surface area contributed by atoms with Crippen molar-refractivity contribution in [2.75, 3.05) is 46.6 Å². The summed E-state index contributed by atoms with van der Waals surface area (Å²) in [6.07, 6.45) is 5.22. The molecule has 2 unspecified atom stereocenters. The molecule has 0 radical (unpaired) electrons. The van der Waals surface area contributed by atoms with Crippen molar-refractivity contribution in [2.45, 2.75) is 37.8 Å². The first-order chi connectivity index (χ1) is 8.42. The summed E-state index contributed by atoms with van der Waals surface area (Å²) in [5.41, 5.74) is 0. The van der Waals surface area contributed by atoms with Crippen molar-refractivity contribution in [3.05, 3.63) is 0 Å². The van der Waals surface area contributed by atoms with Gasteiger partial charge in [-0.25, -0.2) is 0 Å². The van der Waals surface area contributed by atoms with Crippen molar-refractivity contribution in [2.24, 2.45) is 0 Å². The highest BCUT2D eigenvalue weighted by molar-refractivity contribution is 4.95. The van der Waals surface area contributed by atoms with E-state index in [1.165, 1.54) is 32.4 Å². The first-order valence-electron chi connectivity index (χ1n) is 6.96. The van der Waals surface area contributed by atoms with E-state index < -0.39 is 0 Å². The molecule has 2 aliphatic heterocycles. The molecular weight excluding hydrogens is 216 g/mol. The van der Waals surface area contributed by atoms with Crippen molar-refractivity contribution in [1.29, 1.82) is 0 Å². The van der Waals surface area contributed by atoms with Crippen LogP contribution in [0.2, 0.25) is 0 Å². The third-order valence-electron chi connectivity index (χ3n) is 3.91. The third-order valence-corrected chi connectivity index (χ3v) is 3.91. The van der Waals surface area contributed by atoms with Crippen LogP contribution in [0.4, 0.5) is 0 Å². The van der Waals surface area contributed by atoms with Crippen LogP contribution in [0.15, 0.2) is 0 Å². The fraction of sp³-hybridized carbons (Fsp3) is 1.00. The topological polar surface area (TPSA) is 33.7 Å². The molecule has 4 nitrogen and oxygen atoms in total. The zero-order valence-electron chi connectivity index (χ0n) is 11.0. The van der Waals surface area contributed by atoms with Crippen LogP contribution < -0.4 is 5.32 Å². The van der Waals surface area contributed by atoms with Crippen LogP contribution >= 0.6 is 0 Å². The summed E-state index contributed by atoms with van der Waals surface area (Å²) in [5.74, 6) is 0. The fourth-order valence-electron chi connectivity index (χ4n) is 3.03. The van der Waals surface area contributed by atoms with E-state index in [0.29, 0.717) is 6.61 Å². The van der Waals surface area contributed by atoms with Gasteiger partial charge in [-0.3, -0.25) is 4.90 Å². The van der Waals surface area contributed by atoms with E-state index in [4.69, 9.17) is 9.47 Å². The molecule has 0 aromatic rings. The summed E-state index contributed by atoms with van der Waals surface area (Å²) in [6.45, 7) is 5.97. The van der Waals surface area contributed by atoms with E-state index in [9.17, 15) is 0 Å². The van der Waals surface area contributed by atoms with Gasteiger partial charge in [0.05, 0.1) is 13.2 Å². The number of nitrogens with zero attached hydrogens (tertiary/aromatic N) is 1. The van der Waals surface area contributed by atoms with Gasteiger partial charge < -0.3 is 14.8 Å². The van der Waals surface area contributed by atoms with Gasteiger partial charge in [-0.2, -0.15) is 0 Å². The summed E-state index contributed by atoms with van der Waals surface area (Å²) >= 11 is 0. The predicted octanol–water partition coefficient (Wildman–Crippen LogP) is 0.866. The largest absolute Gasteiger partial charge is 0.382 e. The Labute approximate surface area is 105 Å². The molecule has 2 heterocycles. The second kappa shape index (κ2) is 7.31. The SMILES string of the molecule is COCCOCCCNC1CCN2CCCC12.